The van der Waals surface area contributed by atoms with Crippen molar-refractivity contribution in [1.82, 2.24) is 9.55 Å². The Bertz CT molecular complexity index is 1320. The molecule has 33 heavy (non-hydrogen) atoms. The van der Waals surface area contributed by atoms with Gasteiger partial charge in [0.1, 0.15) is 0 Å². The number of hydrogen-bond acceptors (Lipinski definition) is 3. The van der Waals surface area contributed by atoms with E-state index in [0.29, 0.717) is 11.2 Å². The molecular weight excluding hydrogens is 431 g/mol. The summed E-state index contributed by atoms with van der Waals surface area (Å²) in [6, 6.07) is 18.6. The Morgan fingerprint density at radius 3 is 2.39 bits per heavy atom. The first-order chi connectivity index (χ1) is 15.6. The monoisotopic (exact) mass is 453 g/mol. The molecule has 170 valence electrons. The van der Waals surface area contributed by atoms with Crippen molar-refractivity contribution in [1.29, 1.82) is 0 Å². The van der Waals surface area contributed by atoms with E-state index < -0.39 is 23.5 Å². The van der Waals surface area contributed by atoms with Gasteiger partial charge in [-0.1, -0.05) is 42.5 Å². The van der Waals surface area contributed by atoms with Gasteiger partial charge in [0.25, 0.3) is 5.91 Å². The van der Waals surface area contributed by atoms with Crippen molar-refractivity contribution in [2.24, 2.45) is 0 Å². The molecule has 4 aromatic rings. The molecule has 0 bridgehead atoms. The molecule has 8 heteroatoms. The lowest BCUT2D eigenvalue weighted by Gasteiger charge is -2.30. The minimum atomic E-state index is -5.02. The molecule has 1 heterocycles. The molecule has 1 unspecified atom stereocenters. The highest BCUT2D eigenvalue weighted by Gasteiger charge is 2.59. The molecule has 5 nitrogen and oxygen atoms in total. The fourth-order valence-corrected chi connectivity index (χ4v) is 3.89. The predicted octanol–water partition coefficient (Wildman–Crippen LogP) is 5.42. The van der Waals surface area contributed by atoms with E-state index in [-0.39, 0.29) is 23.2 Å². The van der Waals surface area contributed by atoms with Crippen LogP contribution >= 0.6 is 0 Å². The van der Waals surface area contributed by atoms with Gasteiger partial charge in [-0.05, 0) is 49.7 Å². The first-order valence-electron chi connectivity index (χ1n) is 10.4. The van der Waals surface area contributed by atoms with Crippen LogP contribution in [0.3, 0.4) is 0 Å². The van der Waals surface area contributed by atoms with E-state index in [0.717, 1.165) is 5.56 Å². The summed E-state index contributed by atoms with van der Waals surface area (Å²) in [6.07, 6.45) is -5.02. The molecule has 0 spiro atoms. The van der Waals surface area contributed by atoms with E-state index >= 15 is 0 Å². The molecule has 1 amide bonds. The lowest BCUT2D eigenvalue weighted by atomic mass is 9.92. The number of carbonyl (C=O) groups is 1. The minimum absolute atomic E-state index is 0.111. The lowest BCUT2D eigenvalue weighted by molar-refractivity contribution is -0.252. The molecular formula is C25H22F3N3O2. The van der Waals surface area contributed by atoms with E-state index in [1.54, 1.807) is 19.1 Å². The smallest absolute Gasteiger partial charge is 0.370 e. The van der Waals surface area contributed by atoms with Crippen molar-refractivity contribution in [3.63, 3.8) is 0 Å². The number of benzene rings is 3. The number of carbonyl (C=O) groups excluding carboxylic acids is 1. The maximum Gasteiger partial charge on any atom is 0.428 e. The van der Waals surface area contributed by atoms with Crippen LogP contribution < -0.4 is 5.32 Å². The average Bonchev–Trinajstić information content (AvgIpc) is 3.16. The summed E-state index contributed by atoms with van der Waals surface area (Å²) in [7, 11) is 0. The molecule has 0 saturated carbocycles. The molecule has 2 N–H and O–H groups in total. The number of rotatable bonds is 5. The molecule has 0 aliphatic carbocycles. The molecule has 4 rings (SSSR count). The summed E-state index contributed by atoms with van der Waals surface area (Å²) < 4.78 is 44.0. The van der Waals surface area contributed by atoms with E-state index in [1.807, 2.05) is 25.1 Å². The molecule has 1 aromatic heterocycles. The molecule has 1 atom stereocenters. The predicted molar refractivity (Wildman–Crippen MR) is 120 cm³/mol. The van der Waals surface area contributed by atoms with Crippen LogP contribution in [0.1, 0.15) is 34.2 Å². The molecule has 0 radical (unpaired) electrons. The third kappa shape index (κ3) is 3.98. The second-order valence-electron chi connectivity index (χ2n) is 7.78. The van der Waals surface area contributed by atoms with Crippen molar-refractivity contribution in [3.8, 4) is 0 Å². The van der Waals surface area contributed by atoms with Crippen molar-refractivity contribution in [3.05, 3.63) is 95.3 Å². The highest BCUT2D eigenvalue weighted by molar-refractivity contribution is 6.06. The van der Waals surface area contributed by atoms with Gasteiger partial charge in [-0.25, -0.2) is 4.98 Å². The topological polar surface area (TPSA) is 67.1 Å². The van der Waals surface area contributed by atoms with Crippen LogP contribution in [0.2, 0.25) is 0 Å². The largest absolute Gasteiger partial charge is 0.428 e. The second kappa shape index (κ2) is 8.37. The van der Waals surface area contributed by atoms with Crippen molar-refractivity contribution in [2.45, 2.75) is 32.2 Å². The standard InChI is InChI=1S/C25H22F3N3O2/c1-3-31-21-15-17(22(32)29-19-11-7-8-16(2)14-19)12-13-20(21)30-23(31)24(33,25(26,27)28)18-9-5-4-6-10-18/h4-15,33H,3H2,1-2H3,(H,29,32). The molecule has 0 aliphatic rings. The van der Waals surface area contributed by atoms with E-state index in [9.17, 15) is 23.1 Å². The van der Waals surface area contributed by atoms with Crippen LogP contribution in [-0.2, 0) is 12.1 Å². The molecule has 0 saturated heterocycles. The highest BCUT2D eigenvalue weighted by Crippen LogP contribution is 2.44. The van der Waals surface area contributed by atoms with Crippen LogP contribution in [0.5, 0.6) is 0 Å². The fraction of sp³-hybridized carbons (Fsp3) is 0.200. The van der Waals surface area contributed by atoms with Crippen molar-refractivity contribution < 1.29 is 23.1 Å². The Morgan fingerprint density at radius 1 is 1.03 bits per heavy atom. The van der Waals surface area contributed by atoms with Gasteiger partial charge in [-0.2, -0.15) is 13.2 Å². The third-order valence-electron chi connectivity index (χ3n) is 5.53. The summed E-state index contributed by atoms with van der Waals surface area (Å²) in [5.74, 6) is -0.947. The number of aryl methyl sites for hydroxylation is 2. The zero-order valence-corrected chi connectivity index (χ0v) is 18.0. The van der Waals surface area contributed by atoms with E-state index in [4.69, 9.17) is 0 Å². The number of anilines is 1. The zero-order valence-electron chi connectivity index (χ0n) is 18.0. The first kappa shape index (κ1) is 22.5. The van der Waals surface area contributed by atoms with Crippen LogP contribution in [0.15, 0.2) is 72.8 Å². The number of nitrogens with zero attached hydrogens (tertiary/aromatic N) is 2. The normalized spacial score (nSPS) is 13.6. The van der Waals surface area contributed by atoms with Gasteiger partial charge in [0.05, 0.1) is 11.0 Å². The number of aliphatic hydroxyl groups is 1. The first-order valence-corrected chi connectivity index (χ1v) is 10.4. The SMILES string of the molecule is CCn1c(C(O)(c2ccccc2)C(F)(F)F)nc2ccc(C(=O)Nc3cccc(C)c3)cc21. The quantitative estimate of drug-likeness (QED) is 0.424. The summed E-state index contributed by atoms with van der Waals surface area (Å²) in [5.41, 5.74) is -1.22. The molecule has 3 aromatic carbocycles. The Hall–Kier alpha value is -3.65. The van der Waals surface area contributed by atoms with Gasteiger partial charge >= 0.3 is 6.18 Å². The highest BCUT2D eigenvalue weighted by atomic mass is 19.4. The van der Waals surface area contributed by atoms with Crippen molar-refractivity contribution >= 4 is 22.6 Å². The Kier molecular flexibility index (Phi) is 5.71. The summed E-state index contributed by atoms with van der Waals surface area (Å²) in [6.45, 7) is 3.67. The maximum atomic E-state index is 14.2. The maximum absolute atomic E-state index is 14.2. The molecule has 0 aliphatic heterocycles. The average molecular weight is 453 g/mol. The molecule has 0 fully saturated rings. The zero-order chi connectivity index (χ0) is 23.8. The van der Waals surface area contributed by atoms with Gasteiger partial charge in [0, 0.05) is 23.4 Å². The second-order valence-corrected chi connectivity index (χ2v) is 7.78. The van der Waals surface area contributed by atoms with Crippen LogP contribution in [0, 0.1) is 6.92 Å². The number of nitrogens with one attached hydrogen (secondary N) is 1. The summed E-state index contributed by atoms with van der Waals surface area (Å²) in [5, 5.41) is 13.8. The summed E-state index contributed by atoms with van der Waals surface area (Å²) >= 11 is 0. The van der Waals surface area contributed by atoms with E-state index in [2.05, 4.69) is 10.3 Å². The number of aromatic nitrogens is 2. The van der Waals surface area contributed by atoms with E-state index in [1.165, 1.54) is 47.0 Å². The third-order valence-corrected chi connectivity index (χ3v) is 5.53. The van der Waals surface area contributed by atoms with Gasteiger partial charge < -0.3 is 15.0 Å². The number of amides is 1. The Labute approximate surface area is 188 Å². The summed E-state index contributed by atoms with van der Waals surface area (Å²) in [4.78, 5) is 16.9. The van der Waals surface area contributed by atoms with Crippen LogP contribution in [0.4, 0.5) is 18.9 Å². The fourth-order valence-electron chi connectivity index (χ4n) is 3.89. The minimum Gasteiger partial charge on any atom is -0.370 e. The van der Waals surface area contributed by atoms with Gasteiger partial charge in [-0.15, -0.1) is 0 Å². The number of alkyl halides is 3. The Morgan fingerprint density at radius 2 is 1.76 bits per heavy atom. The number of fused-ring (bicyclic) bond motifs is 1. The van der Waals surface area contributed by atoms with Gasteiger partial charge in [0.15, 0.2) is 5.82 Å². The van der Waals surface area contributed by atoms with Crippen molar-refractivity contribution in [2.75, 3.05) is 5.32 Å². The lowest BCUT2D eigenvalue weighted by Crippen LogP contribution is -2.45. The number of imidazole rings is 1. The Balaban J connectivity index is 1.82. The number of hydrogen-bond donors (Lipinski definition) is 2. The van der Waals surface area contributed by atoms with Gasteiger partial charge in [0.2, 0.25) is 5.60 Å². The van der Waals surface area contributed by atoms with Crippen LogP contribution in [0.25, 0.3) is 11.0 Å². The van der Waals surface area contributed by atoms with Crippen LogP contribution in [-0.4, -0.2) is 26.7 Å². The number of halogens is 3. The van der Waals surface area contributed by atoms with Gasteiger partial charge in [-0.3, -0.25) is 4.79 Å².